The Morgan fingerprint density at radius 2 is 2.29 bits per heavy atom. The van der Waals surface area contributed by atoms with E-state index < -0.39 is 0 Å². The normalized spacial score (nSPS) is 10.2. The molecule has 6 heteroatoms. The molecule has 0 fully saturated rings. The van der Waals surface area contributed by atoms with Gasteiger partial charge in [0.05, 0.1) is 7.11 Å². The summed E-state index contributed by atoms with van der Waals surface area (Å²) >= 11 is 5.87. The number of rotatable bonds is 6. The summed E-state index contributed by atoms with van der Waals surface area (Å²) in [6.45, 7) is 0.833. The van der Waals surface area contributed by atoms with Gasteiger partial charge in [0, 0.05) is 36.2 Å². The molecule has 0 aliphatic carbocycles. The topological polar surface area (TPSA) is 84.6 Å². The number of halogens is 1. The number of ether oxygens (including phenoxy) is 1. The fourth-order valence-corrected chi connectivity index (χ4v) is 1.58. The number of carbonyl (C=O) groups is 1. The van der Waals surface area contributed by atoms with Crippen LogP contribution in [0.5, 0.6) is 11.5 Å². The minimum Gasteiger partial charge on any atom is -0.504 e. The Morgan fingerprint density at radius 1 is 1.59 bits per heavy atom. The SMILES string of the molecule is COc1cc(Cl)cc(CNCCC(N)=O)c1O. The molecule has 0 saturated heterocycles. The van der Waals surface area contributed by atoms with Gasteiger partial charge in [-0.25, -0.2) is 0 Å². The van der Waals surface area contributed by atoms with Crippen molar-refractivity contribution in [1.82, 2.24) is 5.32 Å². The quantitative estimate of drug-likeness (QED) is 0.665. The average molecular weight is 259 g/mol. The summed E-state index contributed by atoms with van der Waals surface area (Å²) < 4.78 is 4.97. The number of methoxy groups -OCH3 is 1. The number of benzene rings is 1. The molecule has 4 N–H and O–H groups in total. The summed E-state index contributed by atoms with van der Waals surface area (Å²) in [4.78, 5) is 10.5. The van der Waals surface area contributed by atoms with Crippen molar-refractivity contribution in [3.8, 4) is 11.5 Å². The molecule has 1 rings (SSSR count). The first-order valence-electron chi connectivity index (χ1n) is 5.09. The van der Waals surface area contributed by atoms with Gasteiger partial charge in [0.15, 0.2) is 11.5 Å². The van der Waals surface area contributed by atoms with Crippen LogP contribution in [-0.2, 0) is 11.3 Å². The van der Waals surface area contributed by atoms with Crippen LogP contribution < -0.4 is 15.8 Å². The third kappa shape index (κ3) is 4.13. The Bertz CT molecular complexity index is 410. The summed E-state index contributed by atoms with van der Waals surface area (Å²) in [6.07, 6.45) is 0.248. The molecule has 1 aromatic rings. The maximum absolute atomic E-state index is 10.5. The number of phenolic OH excluding ortho intramolecular Hbond substituents is 1. The third-order valence-electron chi connectivity index (χ3n) is 2.20. The minimum atomic E-state index is -0.370. The standard InChI is InChI=1S/C11H15ClN2O3/c1-17-9-5-8(12)4-7(11(9)16)6-14-3-2-10(13)15/h4-5,14,16H,2-3,6H2,1H3,(H2,13,15). The van der Waals surface area contributed by atoms with E-state index in [1.807, 2.05) is 0 Å². The van der Waals surface area contributed by atoms with Crippen LogP contribution in [0, 0.1) is 0 Å². The molecular formula is C11H15ClN2O3. The molecule has 5 nitrogen and oxygen atoms in total. The van der Waals surface area contributed by atoms with Crippen LogP contribution >= 0.6 is 11.6 Å². The first-order chi connectivity index (χ1) is 8.04. The second-order valence-corrected chi connectivity index (χ2v) is 3.95. The lowest BCUT2D eigenvalue weighted by atomic mass is 10.2. The van der Waals surface area contributed by atoms with Crippen molar-refractivity contribution in [2.75, 3.05) is 13.7 Å². The van der Waals surface area contributed by atoms with Crippen molar-refractivity contribution in [2.24, 2.45) is 5.73 Å². The van der Waals surface area contributed by atoms with E-state index in [9.17, 15) is 9.90 Å². The van der Waals surface area contributed by atoms with Gasteiger partial charge in [0.2, 0.25) is 5.91 Å². The lowest BCUT2D eigenvalue weighted by Crippen LogP contribution is -2.21. The van der Waals surface area contributed by atoms with E-state index in [1.165, 1.54) is 13.2 Å². The van der Waals surface area contributed by atoms with Gasteiger partial charge in [-0.3, -0.25) is 4.79 Å². The van der Waals surface area contributed by atoms with Crippen LogP contribution in [0.15, 0.2) is 12.1 Å². The van der Waals surface area contributed by atoms with Crippen LogP contribution in [0.3, 0.4) is 0 Å². The molecule has 0 atom stereocenters. The van der Waals surface area contributed by atoms with Gasteiger partial charge in [0.1, 0.15) is 0 Å². The number of nitrogens with one attached hydrogen (secondary N) is 1. The van der Waals surface area contributed by atoms with Crippen molar-refractivity contribution < 1.29 is 14.6 Å². The molecule has 0 radical (unpaired) electrons. The van der Waals surface area contributed by atoms with Gasteiger partial charge in [0.25, 0.3) is 0 Å². The molecule has 0 aliphatic rings. The van der Waals surface area contributed by atoms with Gasteiger partial charge in [-0.15, -0.1) is 0 Å². The molecule has 94 valence electrons. The second-order valence-electron chi connectivity index (χ2n) is 3.51. The Kier molecular flexibility index (Phi) is 5.06. The van der Waals surface area contributed by atoms with E-state index in [4.69, 9.17) is 22.1 Å². The molecule has 0 heterocycles. The highest BCUT2D eigenvalue weighted by molar-refractivity contribution is 6.30. The summed E-state index contributed by atoms with van der Waals surface area (Å²) in [5, 5.41) is 13.3. The molecule has 1 aromatic carbocycles. The molecule has 0 saturated carbocycles. The highest BCUT2D eigenvalue weighted by Gasteiger charge is 2.09. The molecule has 0 bridgehead atoms. The van der Waals surface area contributed by atoms with Gasteiger partial charge in [-0.1, -0.05) is 11.6 Å². The van der Waals surface area contributed by atoms with Crippen LogP contribution in [-0.4, -0.2) is 24.7 Å². The molecule has 0 aromatic heterocycles. The van der Waals surface area contributed by atoms with Gasteiger partial charge >= 0.3 is 0 Å². The zero-order valence-corrected chi connectivity index (χ0v) is 10.3. The summed E-state index contributed by atoms with van der Waals surface area (Å²) in [6, 6.07) is 3.17. The van der Waals surface area contributed by atoms with E-state index in [1.54, 1.807) is 6.07 Å². The lowest BCUT2D eigenvalue weighted by molar-refractivity contribution is -0.117. The minimum absolute atomic E-state index is 0.0449. The van der Waals surface area contributed by atoms with E-state index in [0.29, 0.717) is 29.4 Å². The third-order valence-corrected chi connectivity index (χ3v) is 2.42. The molecule has 0 aliphatic heterocycles. The maximum atomic E-state index is 10.5. The number of hydrogen-bond acceptors (Lipinski definition) is 4. The monoisotopic (exact) mass is 258 g/mol. The number of phenols is 1. The predicted molar refractivity (Wildman–Crippen MR) is 65.2 cm³/mol. The number of nitrogens with two attached hydrogens (primary N) is 1. The Hall–Kier alpha value is -1.46. The van der Waals surface area contributed by atoms with E-state index >= 15 is 0 Å². The average Bonchev–Trinajstić information content (AvgIpc) is 2.28. The molecule has 17 heavy (non-hydrogen) atoms. The van der Waals surface area contributed by atoms with Crippen molar-refractivity contribution in [3.05, 3.63) is 22.7 Å². The number of primary amides is 1. The van der Waals surface area contributed by atoms with E-state index in [-0.39, 0.29) is 18.1 Å². The zero-order valence-electron chi connectivity index (χ0n) is 9.50. The van der Waals surface area contributed by atoms with Crippen molar-refractivity contribution in [3.63, 3.8) is 0 Å². The van der Waals surface area contributed by atoms with Crippen molar-refractivity contribution in [1.29, 1.82) is 0 Å². The first-order valence-corrected chi connectivity index (χ1v) is 5.46. The van der Waals surface area contributed by atoms with Crippen LogP contribution in [0.2, 0.25) is 5.02 Å². The number of amides is 1. The zero-order chi connectivity index (χ0) is 12.8. The van der Waals surface area contributed by atoms with E-state index in [0.717, 1.165) is 0 Å². The number of hydrogen-bond donors (Lipinski definition) is 3. The van der Waals surface area contributed by atoms with Gasteiger partial charge < -0.3 is 20.9 Å². The highest BCUT2D eigenvalue weighted by Crippen LogP contribution is 2.33. The van der Waals surface area contributed by atoms with Crippen LogP contribution in [0.25, 0.3) is 0 Å². The molecule has 1 amide bonds. The summed E-state index contributed by atoms with van der Waals surface area (Å²) in [7, 11) is 1.45. The Balaban J connectivity index is 2.64. The van der Waals surface area contributed by atoms with Crippen LogP contribution in [0.4, 0.5) is 0 Å². The Morgan fingerprint density at radius 3 is 2.88 bits per heavy atom. The number of carbonyl (C=O) groups excluding carboxylic acids is 1. The van der Waals surface area contributed by atoms with Crippen molar-refractivity contribution in [2.45, 2.75) is 13.0 Å². The second kappa shape index (κ2) is 6.32. The first kappa shape index (κ1) is 13.6. The summed E-state index contributed by atoms with van der Waals surface area (Å²) in [5.74, 6) is -0.00178. The molecule has 0 spiro atoms. The largest absolute Gasteiger partial charge is 0.504 e. The molecule has 0 unspecified atom stereocenters. The molecular weight excluding hydrogens is 244 g/mol. The predicted octanol–water partition coefficient (Wildman–Crippen LogP) is 1.02. The number of aromatic hydroxyl groups is 1. The fourth-order valence-electron chi connectivity index (χ4n) is 1.35. The van der Waals surface area contributed by atoms with Gasteiger partial charge in [-0.2, -0.15) is 0 Å². The lowest BCUT2D eigenvalue weighted by Gasteiger charge is -2.10. The summed E-state index contributed by atoms with van der Waals surface area (Å²) in [5.41, 5.74) is 5.61. The Labute approximate surface area is 105 Å². The van der Waals surface area contributed by atoms with E-state index in [2.05, 4.69) is 5.32 Å². The smallest absolute Gasteiger partial charge is 0.218 e. The van der Waals surface area contributed by atoms with Crippen molar-refractivity contribution >= 4 is 17.5 Å². The maximum Gasteiger partial charge on any atom is 0.218 e. The highest BCUT2D eigenvalue weighted by atomic mass is 35.5. The van der Waals surface area contributed by atoms with Gasteiger partial charge in [-0.05, 0) is 6.07 Å². The fraction of sp³-hybridized carbons (Fsp3) is 0.364. The van der Waals surface area contributed by atoms with Crippen LogP contribution in [0.1, 0.15) is 12.0 Å².